The van der Waals surface area contributed by atoms with Gasteiger partial charge in [0.15, 0.2) is 0 Å². The van der Waals surface area contributed by atoms with E-state index in [0.29, 0.717) is 0 Å². The van der Waals surface area contributed by atoms with E-state index in [1.807, 2.05) is 25.5 Å². The molecule has 2 N–H and O–H groups in total. The summed E-state index contributed by atoms with van der Waals surface area (Å²) in [5.74, 6) is 0. The van der Waals surface area contributed by atoms with Crippen molar-refractivity contribution in [3.8, 4) is 11.3 Å². The molecule has 0 saturated heterocycles. The summed E-state index contributed by atoms with van der Waals surface area (Å²) in [4.78, 5) is 7.69. The van der Waals surface area contributed by atoms with E-state index in [1.54, 1.807) is 11.3 Å². The highest BCUT2D eigenvalue weighted by Crippen LogP contribution is 2.23. The Labute approximate surface area is 99.9 Å². The van der Waals surface area contributed by atoms with Crippen molar-refractivity contribution in [3.05, 3.63) is 28.8 Å². The number of likely N-dealkylation sites (N-methyl/N-ethyl adjacent to an activating group) is 1. The first-order valence-electron chi connectivity index (χ1n) is 5.37. The minimum atomic E-state index is 0.104. The highest BCUT2D eigenvalue weighted by atomic mass is 32.1. The average molecular weight is 235 g/mol. The second-order valence-electron chi connectivity index (χ2n) is 4.54. The fraction of sp³-hybridized carbons (Fsp3) is 0.417. The quantitative estimate of drug-likeness (QED) is 0.855. The molecule has 0 saturated carbocycles. The number of H-pyrrole nitrogens is 1. The van der Waals surface area contributed by atoms with Gasteiger partial charge in [0.2, 0.25) is 0 Å². The highest BCUT2D eigenvalue weighted by molar-refractivity contribution is 7.09. The van der Waals surface area contributed by atoms with Crippen molar-refractivity contribution < 1.29 is 0 Å². The van der Waals surface area contributed by atoms with Crippen LogP contribution in [0.2, 0.25) is 0 Å². The predicted octanol–water partition coefficient (Wildman–Crippen LogP) is 2.68. The summed E-state index contributed by atoms with van der Waals surface area (Å²) in [7, 11) is 1.99. The summed E-state index contributed by atoms with van der Waals surface area (Å²) >= 11 is 1.73. The second-order valence-corrected chi connectivity index (χ2v) is 5.48. The van der Waals surface area contributed by atoms with Crippen molar-refractivity contribution in [2.24, 2.45) is 0 Å². The normalized spacial score (nSPS) is 11.9. The number of aromatic nitrogens is 2. The van der Waals surface area contributed by atoms with Gasteiger partial charge in [0.25, 0.3) is 0 Å². The fourth-order valence-electron chi connectivity index (χ4n) is 1.47. The average Bonchev–Trinajstić information content (AvgIpc) is 2.86. The first-order valence-corrected chi connectivity index (χ1v) is 6.25. The largest absolute Gasteiger partial charge is 0.367 e. The molecule has 0 aliphatic heterocycles. The third-order valence-corrected chi connectivity index (χ3v) is 3.56. The van der Waals surface area contributed by atoms with Crippen LogP contribution in [0.25, 0.3) is 11.3 Å². The smallest absolute Gasteiger partial charge is 0.0950 e. The van der Waals surface area contributed by atoms with Gasteiger partial charge < -0.3 is 10.3 Å². The van der Waals surface area contributed by atoms with E-state index in [1.165, 1.54) is 5.01 Å². The molecule has 0 spiro atoms. The van der Waals surface area contributed by atoms with E-state index in [4.69, 9.17) is 0 Å². The number of hydrogen-bond acceptors (Lipinski definition) is 3. The molecule has 4 heteroatoms. The van der Waals surface area contributed by atoms with Crippen LogP contribution in [-0.4, -0.2) is 22.6 Å². The molecule has 0 aliphatic rings. The molecule has 2 aromatic rings. The van der Waals surface area contributed by atoms with Crippen molar-refractivity contribution in [3.63, 3.8) is 0 Å². The number of aromatic amines is 1. The highest BCUT2D eigenvalue weighted by Gasteiger charge is 2.17. The summed E-state index contributed by atoms with van der Waals surface area (Å²) < 4.78 is 0. The standard InChI is InChI=1S/C12H17N3S/c1-12(2,13-3)6-11-15-10(8-16-11)9-4-5-14-7-9/h4-5,7-8,13-14H,6H2,1-3H3. The minimum Gasteiger partial charge on any atom is -0.367 e. The van der Waals surface area contributed by atoms with Gasteiger partial charge in [-0.05, 0) is 27.0 Å². The number of hydrogen-bond donors (Lipinski definition) is 2. The van der Waals surface area contributed by atoms with Crippen LogP contribution in [0.1, 0.15) is 18.9 Å². The van der Waals surface area contributed by atoms with Crippen molar-refractivity contribution in [1.29, 1.82) is 0 Å². The molecule has 2 heterocycles. The predicted molar refractivity (Wildman–Crippen MR) is 68.7 cm³/mol. The summed E-state index contributed by atoms with van der Waals surface area (Å²) in [6.07, 6.45) is 4.85. The van der Waals surface area contributed by atoms with Crippen LogP contribution < -0.4 is 5.32 Å². The molecule has 2 rings (SSSR count). The summed E-state index contributed by atoms with van der Waals surface area (Å²) in [6, 6.07) is 2.04. The van der Waals surface area contributed by atoms with E-state index >= 15 is 0 Å². The maximum atomic E-state index is 4.64. The van der Waals surface area contributed by atoms with Gasteiger partial charge >= 0.3 is 0 Å². The topological polar surface area (TPSA) is 40.7 Å². The van der Waals surface area contributed by atoms with Crippen LogP contribution in [0.15, 0.2) is 23.8 Å². The lowest BCUT2D eigenvalue weighted by Crippen LogP contribution is -2.38. The maximum Gasteiger partial charge on any atom is 0.0950 e. The van der Waals surface area contributed by atoms with Crippen LogP contribution in [0.4, 0.5) is 0 Å². The Morgan fingerprint density at radius 1 is 1.50 bits per heavy atom. The molecule has 3 nitrogen and oxygen atoms in total. The van der Waals surface area contributed by atoms with Gasteiger partial charge in [0.1, 0.15) is 0 Å². The molecule has 0 aromatic carbocycles. The number of nitrogens with one attached hydrogen (secondary N) is 2. The van der Waals surface area contributed by atoms with Crippen LogP contribution in [0.5, 0.6) is 0 Å². The molecule has 16 heavy (non-hydrogen) atoms. The number of thiazole rings is 1. The fourth-order valence-corrected chi connectivity index (χ4v) is 2.51. The van der Waals surface area contributed by atoms with Gasteiger partial charge in [-0.3, -0.25) is 0 Å². The van der Waals surface area contributed by atoms with E-state index in [-0.39, 0.29) is 5.54 Å². The van der Waals surface area contributed by atoms with Gasteiger partial charge in [-0.25, -0.2) is 4.98 Å². The number of nitrogens with zero attached hydrogens (tertiary/aromatic N) is 1. The zero-order chi connectivity index (χ0) is 11.6. The lowest BCUT2D eigenvalue weighted by Gasteiger charge is -2.22. The third kappa shape index (κ3) is 2.51. The van der Waals surface area contributed by atoms with Gasteiger partial charge in [0.05, 0.1) is 10.7 Å². The Morgan fingerprint density at radius 3 is 2.94 bits per heavy atom. The van der Waals surface area contributed by atoms with Crippen LogP contribution in [-0.2, 0) is 6.42 Å². The number of rotatable bonds is 4. The molecule has 2 aromatic heterocycles. The van der Waals surface area contributed by atoms with Crippen LogP contribution in [0, 0.1) is 0 Å². The van der Waals surface area contributed by atoms with Crippen molar-refractivity contribution in [2.75, 3.05) is 7.05 Å². The Morgan fingerprint density at radius 2 is 2.31 bits per heavy atom. The van der Waals surface area contributed by atoms with E-state index in [0.717, 1.165) is 17.7 Å². The van der Waals surface area contributed by atoms with Crippen molar-refractivity contribution in [1.82, 2.24) is 15.3 Å². The maximum absolute atomic E-state index is 4.64. The van der Waals surface area contributed by atoms with E-state index in [9.17, 15) is 0 Å². The van der Waals surface area contributed by atoms with Crippen LogP contribution >= 0.6 is 11.3 Å². The van der Waals surface area contributed by atoms with Gasteiger partial charge in [-0.2, -0.15) is 0 Å². The first-order chi connectivity index (χ1) is 7.61. The molecule has 0 atom stereocenters. The van der Waals surface area contributed by atoms with Crippen molar-refractivity contribution in [2.45, 2.75) is 25.8 Å². The molecular weight excluding hydrogens is 218 g/mol. The first kappa shape index (κ1) is 11.4. The molecule has 86 valence electrons. The Bertz CT molecular complexity index is 443. The molecule has 0 bridgehead atoms. The minimum absolute atomic E-state index is 0.104. The molecule has 0 amide bonds. The van der Waals surface area contributed by atoms with Gasteiger partial charge in [-0.1, -0.05) is 0 Å². The Balaban J connectivity index is 2.14. The van der Waals surface area contributed by atoms with Gasteiger partial charge in [-0.15, -0.1) is 11.3 Å². The lowest BCUT2D eigenvalue weighted by molar-refractivity contribution is 0.421. The molecule has 0 fully saturated rings. The van der Waals surface area contributed by atoms with Crippen LogP contribution in [0.3, 0.4) is 0 Å². The Hall–Kier alpha value is -1.13. The Kier molecular flexibility index (Phi) is 3.12. The lowest BCUT2D eigenvalue weighted by atomic mass is 10.0. The monoisotopic (exact) mass is 235 g/mol. The van der Waals surface area contributed by atoms with Crippen molar-refractivity contribution >= 4 is 11.3 Å². The molecule has 0 unspecified atom stereocenters. The molecule has 0 radical (unpaired) electrons. The zero-order valence-corrected chi connectivity index (χ0v) is 10.7. The summed E-state index contributed by atoms with van der Waals surface area (Å²) in [5.41, 5.74) is 2.32. The van der Waals surface area contributed by atoms with E-state index in [2.05, 4.69) is 34.5 Å². The van der Waals surface area contributed by atoms with Gasteiger partial charge in [0, 0.05) is 35.3 Å². The third-order valence-electron chi connectivity index (χ3n) is 2.72. The summed E-state index contributed by atoms with van der Waals surface area (Å²) in [6.45, 7) is 4.37. The summed E-state index contributed by atoms with van der Waals surface area (Å²) in [5, 5.41) is 6.59. The van der Waals surface area contributed by atoms with E-state index < -0.39 is 0 Å². The SMILES string of the molecule is CNC(C)(C)Cc1nc(-c2cc[nH]c2)cs1. The molecule has 0 aliphatic carbocycles. The second kappa shape index (κ2) is 4.39. The molecular formula is C12H17N3S. The zero-order valence-electron chi connectivity index (χ0n) is 9.87.